The molecular weight excluding hydrogens is 260 g/mol. The molecule has 0 bridgehead atoms. The summed E-state index contributed by atoms with van der Waals surface area (Å²) in [7, 11) is 0. The van der Waals surface area contributed by atoms with Gasteiger partial charge in [0.2, 0.25) is 5.91 Å². The molecule has 110 valence electrons. The number of nitrogens with one attached hydrogen (secondary N) is 2. The van der Waals surface area contributed by atoms with Crippen LogP contribution in [0, 0.1) is 5.41 Å². The van der Waals surface area contributed by atoms with Crippen LogP contribution in [0.15, 0.2) is 42.5 Å². The molecule has 0 radical (unpaired) electrons. The third kappa shape index (κ3) is 2.66. The lowest BCUT2D eigenvalue weighted by Crippen LogP contribution is -2.41. The Balaban J connectivity index is 1.84. The molecule has 2 unspecified atom stereocenters. The van der Waals surface area contributed by atoms with Crippen LogP contribution in [-0.4, -0.2) is 19.0 Å². The molecule has 1 saturated heterocycles. The van der Waals surface area contributed by atoms with Gasteiger partial charge in [-0.15, -0.1) is 0 Å². The highest BCUT2D eigenvalue weighted by Crippen LogP contribution is 2.28. The third-order valence-electron chi connectivity index (χ3n) is 4.55. The van der Waals surface area contributed by atoms with Crippen molar-refractivity contribution in [1.29, 1.82) is 0 Å². The molecule has 0 aliphatic carbocycles. The monoisotopic (exact) mass is 282 g/mol. The van der Waals surface area contributed by atoms with E-state index in [1.165, 1.54) is 16.3 Å². The van der Waals surface area contributed by atoms with Crippen LogP contribution in [0.5, 0.6) is 0 Å². The maximum atomic E-state index is 12.5. The summed E-state index contributed by atoms with van der Waals surface area (Å²) < 4.78 is 0. The predicted octanol–water partition coefficient (Wildman–Crippen LogP) is 3.02. The molecule has 1 amide bonds. The van der Waals surface area contributed by atoms with Crippen LogP contribution >= 0.6 is 0 Å². The average molecular weight is 282 g/mol. The first-order chi connectivity index (χ1) is 10.1. The van der Waals surface area contributed by atoms with Gasteiger partial charge in [0.05, 0.1) is 11.5 Å². The maximum absolute atomic E-state index is 12.5. The zero-order valence-corrected chi connectivity index (χ0v) is 12.6. The summed E-state index contributed by atoms with van der Waals surface area (Å²) >= 11 is 0. The standard InChI is InChI=1S/C18H22N2O/c1-13(20-17(21)18(2)10-11-19-12-18)15-9-5-7-14-6-3-4-8-16(14)15/h3-9,13,19H,10-12H2,1-2H3,(H,20,21). The van der Waals surface area contributed by atoms with Crippen molar-refractivity contribution in [2.45, 2.75) is 26.3 Å². The molecule has 2 aromatic rings. The average Bonchev–Trinajstić information content (AvgIpc) is 2.95. The Bertz CT molecular complexity index is 654. The van der Waals surface area contributed by atoms with E-state index in [1.807, 2.05) is 19.1 Å². The van der Waals surface area contributed by atoms with Gasteiger partial charge in [0, 0.05) is 6.54 Å². The number of carbonyl (C=O) groups is 1. The number of benzene rings is 2. The first-order valence-corrected chi connectivity index (χ1v) is 7.59. The van der Waals surface area contributed by atoms with E-state index in [0.29, 0.717) is 0 Å². The number of fused-ring (bicyclic) bond motifs is 1. The van der Waals surface area contributed by atoms with E-state index in [2.05, 4.69) is 47.9 Å². The molecule has 2 aromatic carbocycles. The summed E-state index contributed by atoms with van der Waals surface area (Å²) in [5.74, 6) is 0.146. The van der Waals surface area contributed by atoms with Crippen LogP contribution in [0.4, 0.5) is 0 Å². The molecule has 3 nitrogen and oxygen atoms in total. The highest BCUT2D eigenvalue weighted by Gasteiger charge is 2.36. The van der Waals surface area contributed by atoms with E-state index in [1.54, 1.807) is 0 Å². The minimum absolute atomic E-state index is 0.0148. The lowest BCUT2D eigenvalue weighted by atomic mass is 9.88. The van der Waals surface area contributed by atoms with Gasteiger partial charge in [-0.1, -0.05) is 42.5 Å². The minimum Gasteiger partial charge on any atom is -0.349 e. The van der Waals surface area contributed by atoms with Gasteiger partial charge in [-0.25, -0.2) is 0 Å². The van der Waals surface area contributed by atoms with Crippen LogP contribution in [-0.2, 0) is 4.79 Å². The van der Waals surface area contributed by atoms with E-state index in [9.17, 15) is 4.79 Å². The van der Waals surface area contributed by atoms with Gasteiger partial charge in [0.1, 0.15) is 0 Å². The number of amides is 1. The minimum atomic E-state index is -0.279. The second-order valence-corrected chi connectivity index (χ2v) is 6.25. The smallest absolute Gasteiger partial charge is 0.227 e. The van der Waals surface area contributed by atoms with Crippen molar-refractivity contribution < 1.29 is 4.79 Å². The SMILES string of the molecule is CC(NC(=O)C1(C)CCNC1)c1cccc2ccccc12. The zero-order chi connectivity index (χ0) is 14.9. The number of hydrogen-bond acceptors (Lipinski definition) is 2. The predicted molar refractivity (Wildman–Crippen MR) is 86.1 cm³/mol. The fraction of sp³-hybridized carbons (Fsp3) is 0.389. The fourth-order valence-electron chi connectivity index (χ4n) is 3.09. The van der Waals surface area contributed by atoms with Gasteiger partial charge in [0.15, 0.2) is 0 Å². The molecule has 2 atom stereocenters. The summed E-state index contributed by atoms with van der Waals surface area (Å²) in [4.78, 5) is 12.5. The third-order valence-corrected chi connectivity index (χ3v) is 4.55. The first kappa shape index (κ1) is 14.1. The van der Waals surface area contributed by atoms with Crippen LogP contribution in [0.1, 0.15) is 31.9 Å². The number of rotatable bonds is 3. The van der Waals surface area contributed by atoms with Crippen LogP contribution in [0.3, 0.4) is 0 Å². The molecule has 0 spiro atoms. The normalized spacial score (nSPS) is 23.1. The van der Waals surface area contributed by atoms with Crippen LogP contribution in [0.25, 0.3) is 10.8 Å². The molecule has 2 N–H and O–H groups in total. The van der Waals surface area contributed by atoms with Crippen molar-refractivity contribution in [3.05, 3.63) is 48.0 Å². The molecule has 3 rings (SSSR count). The Morgan fingerprint density at radius 3 is 2.76 bits per heavy atom. The molecule has 0 aromatic heterocycles. The van der Waals surface area contributed by atoms with Gasteiger partial charge in [-0.05, 0) is 43.1 Å². The van der Waals surface area contributed by atoms with E-state index in [-0.39, 0.29) is 17.4 Å². The molecule has 1 aliphatic heterocycles. The van der Waals surface area contributed by atoms with Crippen molar-refractivity contribution in [2.24, 2.45) is 5.41 Å². The van der Waals surface area contributed by atoms with Gasteiger partial charge in [-0.3, -0.25) is 4.79 Å². The lowest BCUT2D eigenvalue weighted by Gasteiger charge is -2.25. The van der Waals surface area contributed by atoms with Crippen molar-refractivity contribution in [1.82, 2.24) is 10.6 Å². The summed E-state index contributed by atoms with van der Waals surface area (Å²) in [6.07, 6.45) is 0.904. The molecule has 1 fully saturated rings. The Morgan fingerprint density at radius 1 is 1.24 bits per heavy atom. The van der Waals surface area contributed by atoms with E-state index < -0.39 is 0 Å². The molecule has 1 aliphatic rings. The van der Waals surface area contributed by atoms with E-state index >= 15 is 0 Å². The van der Waals surface area contributed by atoms with Crippen molar-refractivity contribution in [3.63, 3.8) is 0 Å². The van der Waals surface area contributed by atoms with Crippen LogP contribution < -0.4 is 10.6 Å². The number of hydrogen-bond donors (Lipinski definition) is 2. The number of carbonyl (C=O) groups excluding carboxylic acids is 1. The second kappa shape index (κ2) is 5.49. The Hall–Kier alpha value is -1.87. The highest BCUT2D eigenvalue weighted by atomic mass is 16.2. The summed E-state index contributed by atoms with van der Waals surface area (Å²) in [5.41, 5.74) is 0.898. The fourth-order valence-corrected chi connectivity index (χ4v) is 3.09. The lowest BCUT2D eigenvalue weighted by molar-refractivity contribution is -0.129. The molecule has 1 heterocycles. The Morgan fingerprint density at radius 2 is 2.00 bits per heavy atom. The Kier molecular flexibility index (Phi) is 3.68. The maximum Gasteiger partial charge on any atom is 0.227 e. The van der Waals surface area contributed by atoms with Crippen molar-refractivity contribution in [3.8, 4) is 0 Å². The van der Waals surface area contributed by atoms with Crippen molar-refractivity contribution >= 4 is 16.7 Å². The largest absolute Gasteiger partial charge is 0.349 e. The summed E-state index contributed by atoms with van der Waals surface area (Å²) in [5, 5.41) is 8.89. The molecular formula is C18H22N2O. The second-order valence-electron chi connectivity index (χ2n) is 6.25. The first-order valence-electron chi connectivity index (χ1n) is 7.59. The summed E-state index contributed by atoms with van der Waals surface area (Å²) in [6, 6.07) is 14.6. The van der Waals surface area contributed by atoms with Gasteiger partial charge < -0.3 is 10.6 Å². The summed E-state index contributed by atoms with van der Waals surface area (Å²) in [6.45, 7) is 5.79. The molecule has 0 saturated carbocycles. The molecule has 21 heavy (non-hydrogen) atoms. The highest BCUT2D eigenvalue weighted by molar-refractivity contribution is 5.88. The Labute approximate surface area is 125 Å². The topological polar surface area (TPSA) is 41.1 Å². The quantitative estimate of drug-likeness (QED) is 0.908. The van der Waals surface area contributed by atoms with Gasteiger partial charge in [0.25, 0.3) is 0 Å². The van der Waals surface area contributed by atoms with Gasteiger partial charge in [-0.2, -0.15) is 0 Å². The van der Waals surface area contributed by atoms with Crippen LogP contribution in [0.2, 0.25) is 0 Å². The van der Waals surface area contributed by atoms with E-state index in [0.717, 1.165) is 19.5 Å². The zero-order valence-electron chi connectivity index (χ0n) is 12.6. The van der Waals surface area contributed by atoms with E-state index in [4.69, 9.17) is 0 Å². The molecule has 3 heteroatoms. The van der Waals surface area contributed by atoms with Crippen molar-refractivity contribution in [2.75, 3.05) is 13.1 Å². The van der Waals surface area contributed by atoms with Gasteiger partial charge >= 0.3 is 0 Å².